The predicted molar refractivity (Wildman–Crippen MR) is 113 cm³/mol. The van der Waals surface area contributed by atoms with Gasteiger partial charge in [-0.1, -0.05) is 24.3 Å². The smallest absolute Gasteiger partial charge is 0.248 e. The molecule has 0 aliphatic heterocycles. The molecule has 1 aromatic rings. The van der Waals surface area contributed by atoms with Crippen LogP contribution in [0.4, 0.5) is 0 Å². The molecule has 0 atom stereocenters. The third kappa shape index (κ3) is 7.13. The summed E-state index contributed by atoms with van der Waals surface area (Å²) in [5.74, 6) is 0.101. The summed E-state index contributed by atoms with van der Waals surface area (Å²) in [5.41, 5.74) is 3.58. The highest BCUT2D eigenvalue weighted by molar-refractivity contribution is 6.09. The molecule has 1 amide bonds. The van der Waals surface area contributed by atoms with Crippen LogP contribution < -0.4 is 5.32 Å². The van der Waals surface area contributed by atoms with E-state index in [1.165, 1.54) is 0 Å². The van der Waals surface area contributed by atoms with Gasteiger partial charge in [0.15, 0.2) is 5.78 Å². The Morgan fingerprint density at radius 1 is 1.10 bits per heavy atom. The third-order valence-electron chi connectivity index (χ3n) is 5.15. The van der Waals surface area contributed by atoms with Gasteiger partial charge in [-0.15, -0.1) is 0 Å². The molecule has 2 rings (SSSR count). The van der Waals surface area contributed by atoms with Crippen molar-refractivity contribution in [2.45, 2.75) is 52.0 Å². The fourth-order valence-electron chi connectivity index (χ4n) is 3.42. The standard InChI is InChI=1S/C23H32N2O4/c1-17(26)7-6-14-29-16-22(27)25(3)15-18-10-12-19(13-11-18)23(28)20-8-4-5-9-21(20)24-2/h10-13,24H,4-9,14-16H2,1-3H3. The fraction of sp³-hybridized carbons (Fsp3) is 0.522. The van der Waals surface area contributed by atoms with Crippen molar-refractivity contribution in [2.24, 2.45) is 0 Å². The van der Waals surface area contributed by atoms with Gasteiger partial charge < -0.3 is 19.7 Å². The van der Waals surface area contributed by atoms with E-state index in [9.17, 15) is 14.4 Å². The second-order valence-corrected chi connectivity index (χ2v) is 7.55. The molecule has 0 unspecified atom stereocenters. The molecule has 0 radical (unpaired) electrons. The summed E-state index contributed by atoms with van der Waals surface area (Å²) in [7, 11) is 3.60. The van der Waals surface area contributed by atoms with Gasteiger partial charge in [-0.2, -0.15) is 0 Å². The zero-order chi connectivity index (χ0) is 21.2. The van der Waals surface area contributed by atoms with E-state index < -0.39 is 0 Å². The lowest BCUT2D eigenvalue weighted by molar-refractivity contribution is -0.135. The zero-order valence-corrected chi connectivity index (χ0v) is 17.8. The summed E-state index contributed by atoms with van der Waals surface area (Å²) in [4.78, 5) is 37.5. The topological polar surface area (TPSA) is 75.7 Å². The molecule has 6 nitrogen and oxygen atoms in total. The molecule has 0 heterocycles. The summed E-state index contributed by atoms with van der Waals surface area (Å²) in [6, 6.07) is 7.46. The zero-order valence-electron chi connectivity index (χ0n) is 17.8. The molecule has 0 fully saturated rings. The molecule has 0 spiro atoms. The number of ether oxygens (including phenoxy) is 1. The Bertz CT molecular complexity index is 753. The van der Waals surface area contributed by atoms with Gasteiger partial charge in [0, 0.05) is 50.5 Å². The number of Topliss-reactive ketones (excluding diaryl/α,β-unsaturated/α-hetero) is 2. The molecule has 1 aliphatic carbocycles. The normalized spacial score (nSPS) is 13.9. The second kappa shape index (κ2) is 11.5. The molecular formula is C23H32N2O4. The quantitative estimate of drug-likeness (QED) is 0.456. The van der Waals surface area contributed by atoms with Crippen LogP contribution in [0.15, 0.2) is 35.5 Å². The average molecular weight is 401 g/mol. The van der Waals surface area contributed by atoms with Crippen molar-refractivity contribution in [1.82, 2.24) is 10.2 Å². The molecule has 1 aromatic carbocycles. The van der Waals surface area contributed by atoms with Crippen molar-refractivity contribution < 1.29 is 19.1 Å². The number of rotatable bonds is 11. The number of benzene rings is 1. The van der Waals surface area contributed by atoms with Crippen LogP contribution in [-0.4, -0.2) is 49.7 Å². The number of carbonyl (C=O) groups is 3. The van der Waals surface area contributed by atoms with Gasteiger partial charge in [-0.25, -0.2) is 0 Å². The maximum Gasteiger partial charge on any atom is 0.248 e. The number of likely N-dealkylation sites (N-methyl/N-ethyl adjacent to an activating group) is 1. The Morgan fingerprint density at radius 3 is 2.45 bits per heavy atom. The summed E-state index contributed by atoms with van der Waals surface area (Å²) < 4.78 is 5.34. The van der Waals surface area contributed by atoms with Crippen molar-refractivity contribution in [3.05, 3.63) is 46.7 Å². The van der Waals surface area contributed by atoms with Gasteiger partial charge >= 0.3 is 0 Å². The van der Waals surface area contributed by atoms with Crippen LogP contribution in [0.3, 0.4) is 0 Å². The summed E-state index contributed by atoms with van der Waals surface area (Å²) in [6.07, 6.45) is 5.02. The van der Waals surface area contributed by atoms with Crippen molar-refractivity contribution in [3.8, 4) is 0 Å². The van der Waals surface area contributed by atoms with Crippen LogP contribution in [0.2, 0.25) is 0 Å². The van der Waals surface area contributed by atoms with Crippen molar-refractivity contribution in [3.63, 3.8) is 0 Å². The third-order valence-corrected chi connectivity index (χ3v) is 5.15. The van der Waals surface area contributed by atoms with E-state index in [-0.39, 0.29) is 24.1 Å². The van der Waals surface area contributed by atoms with E-state index in [0.29, 0.717) is 31.6 Å². The van der Waals surface area contributed by atoms with E-state index >= 15 is 0 Å². The highest BCUT2D eigenvalue weighted by atomic mass is 16.5. The molecule has 6 heteroatoms. The number of nitrogens with zero attached hydrogens (tertiary/aromatic N) is 1. The first-order chi connectivity index (χ1) is 13.9. The minimum Gasteiger partial charge on any atom is -0.391 e. The van der Waals surface area contributed by atoms with Gasteiger partial charge in [0.2, 0.25) is 5.91 Å². The first-order valence-electron chi connectivity index (χ1n) is 10.3. The number of ketones is 2. The Balaban J connectivity index is 1.86. The lowest BCUT2D eigenvalue weighted by Crippen LogP contribution is -2.30. The van der Waals surface area contributed by atoms with Crippen LogP contribution in [-0.2, 0) is 20.9 Å². The van der Waals surface area contributed by atoms with E-state index in [2.05, 4.69) is 5.32 Å². The first kappa shape index (κ1) is 22.8. The molecule has 0 saturated heterocycles. The molecular weight excluding hydrogens is 368 g/mol. The minimum absolute atomic E-state index is 0.00588. The monoisotopic (exact) mass is 400 g/mol. The first-order valence-corrected chi connectivity index (χ1v) is 10.3. The number of amides is 1. The lowest BCUT2D eigenvalue weighted by atomic mass is 9.90. The Hall–Kier alpha value is -2.47. The fourth-order valence-corrected chi connectivity index (χ4v) is 3.42. The maximum atomic E-state index is 12.8. The van der Waals surface area contributed by atoms with Gasteiger partial charge in [-0.05, 0) is 44.6 Å². The van der Waals surface area contributed by atoms with E-state index in [1.54, 1.807) is 18.9 Å². The number of nitrogens with one attached hydrogen (secondary N) is 1. The molecule has 29 heavy (non-hydrogen) atoms. The Kier molecular flexibility index (Phi) is 9.06. The van der Waals surface area contributed by atoms with Crippen molar-refractivity contribution in [1.29, 1.82) is 0 Å². The molecule has 1 aliphatic rings. The van der Waals surface area contributed by atoms with Crippen LogP contribution >= 0.6 is 0 Å². The number of allylic oxidation sites excluding steroid dienone is 2. The van der Waals surface area contributed by atoms with E-state index in [0.717, 1.165) is 42.5 Å². The molecule has 158 valence electrons. The van der Waals surface area contributed by atoms with Crippen LogP contribution in [0, 0.1) is 0 Å². The van der Waals surface area contributed by atoms with E-state index in [1.807, 2.05) is 31.3 Å². The molecule has 1 N–H and O–H groups in total. The number of hydrogen-bond donors (Lipinski definition) is 1. The number of hydrogen-bond acceptors (Lipinski definition) is 5. The van der Waals surface area contributed by atoms with Crippen molar-refractivity contribution in [2.75, 3.05) is 27.3 Å². The highest BCUT2D eigenvalue weighted by Gasteiger charge is 2.20. The largest absolute Gasteiger partial charge is 0.391 e. The summed E-state index contributed by atoms with van der Waals surface area (Å²) >= 11 is 0. The summed E-state index contributed by atoms with van der Waals surface area (Å²) in [5, 5.41) is 3.17. The van der Waals surface area contributed by atoms with E-state index in [4.69, 9.17) is 4.74 Å². The highest BCUT2D eigenvalue weighted by Crippen LogP contribution is 2.26. The second-order valence-electron chi connectivity index (χ2n) is 7.55. The Morgan fingerprint density at radius 2 is 1.79 bits per heavy atom. The molecule has 0 bridgehead atoms. The number of carbonyl (C=O) groups excluding carboxylic acids is 3. The average Bonchev–Trinajstić information content (AvgIpc) is 2.73. The minimum atomic E-state index is -0.112. The maximum absolute atomic E-state index is 12.8. The van der Waals surface area contributed by atoms with Crippen LogP contribution in [0.25, 0.3) is 0 Å². The van der Waals surface area contributed by atoms with Crippen molar-refractivity contribution >= 4 is 17.5 Å². The van der Waals surface area contributed by atoms with Crippen LogP contribution in [0.5, 0.6) is 0 Å². The summed E-state index contributed by atoms with van der Waals surface area (Å²) in [6.45, 7) is 2.41. The molecule has 0 aromatic heterocycles. The van der Waals surface area contributed by atoms with Gasteiger partial charge in [0.1, 0.15) is 12.4 Å². The van der Waals surface area contributed by atoms with Gasteiger partial charge in [0.25, 0.3) is 0 Å². The van der Waals surface area contributed by atoms with Gasteiger partial charge in [0.05, 0.1) is 0 Å². The van der Waals surface area contributed by atoms with Crippen LogP contribution in [0.1, 0.15) is 61.4 Å². The molecule has 0 saturated carbocycles. The SMILES string of the molecule is CNC1=C(C(=O)c2ccc(CN(C)C(=O)COCCCC(C)=O)cc2)CCCC1. The van der Waals surface area contributed by atoms with Gasteiger partial charge in [-0.3, -0.25) is 9.59 Å². The Labute approximate surface area is 173 Å². The lowest BCUT2D eigenvalue weighted by Gasteiger charge is -2.20. The predicted octanol–water partition coefficient (Wildman–Crippen LogP) is 3.26.